The molecule has 0 aromatic heterocycles. The van der Waals surface area contributed by atoms with Crippen LogP contribution in [0.2, 0.25) is 0 Å². The third-order valence-electron chi connectivity index (χ3n) is 1.28. The zero-order chi connectivity index (χ0) is 8.36. The Balaban J connectivity index is 2.69. The lowest BCUT2D eigenvalue weighted by atomic mass is 10.4. The summed E-state index contributed by atoms with van der Waals surface area (Å²) in [5.41, 5.74) is 0. The van der Waals surface area contributed by atoms with Crippen LogP contribution in [0, 0.1) is 6.92 Å². The summed E-state index contributed by atoms with van der Waals surface area (Å²) in [6, 6.07) is 0. The average molecular weight is 158 g/mol. The van der Waals surface area contributed by atoms with Crippen LogP contribution < -0.4 is 0 Å². The van der Waals surface area contributed by atoms with Crippen LogP contribution in [0.15, 0.2) is 0 Å². The van der Waals surface area contributed by atoms with Gasteiger partial charge in [0.2, 0.25) is 0 Å². The van der Waals surface area contributed by atoms with Crippen LogP contribution >= 0.6 is 0 Å². The minimum atomic E-state index is 0.592. The van der Waals surface area contributed by atoms with E-state index in [1.54, 1.807) is 0 Å². The summed E-state index contributed by atoms with van der Waals surface area (Å²) >= 11 is 0. The fraction of sp³-hybridized carbons (Fsp3) is 0.889. The Bertz CT molecular complexity index is 56.6. The number of unbranched alkanes of at least 4 members (excludes halogenated alkanes) is 1. The second kappa shape index (κ2) is 9.92. The largest absolute Gasteiger partial charge is 0.379 e. The molecule has 0 saturated carbocycles. The highest BCUT2D eigenvalue weighted by molar-refractivity contribution is 4.37. The van der Waals surface area contributed by atoms with Gasteiger partial charge in [-0.1, -0.05) is 13.3 Å². The van der Waals surface area contributed by atoms with E-state index in [2.05, 4.69) is 6.92 Å². The maximum absolute atomic E-state index is 5.25. The van der Waals surface area contributed by atoms with E-state index in [1.165, 1.54) is 6.42 Å². The Morgan fingerprint density at radius 2 is 1.64 bits per heavy atom. The Kier molecular flexibility index (Phi) is 9.85. The van der Waals surface area contributed by atoms with E-state index in [1.807, 2.05) is 0 Å². The van der Waals surface area contributed by atoms with E-state index in [4.69, 9.17) is 16.4 Å². The van der Waals surface area contributed by atoms with Crippen LogP contribution in [0.5, 0.6) is 0 Å². The minimum absolute atomic E-state index is 0.592. The second-order valence-corrected chi connectivity index (χ2v) is 2.37. The van der Waals surface area contributed by atoms with Crippen LogP contribution in [0.25, 0.3) is 0 Å². The maximum Gasteiger partial charge on any atom is 0.0700 e. The standard InChI is InChI=1S/C9H18O2/c1-3-5-7-11-9-8-10-6-4-2/h2H,3-9H2,1H3. The first-order valence-corrected chi connectivity index (χ1v) is 4.27. The molecule has 0 aliphatic carbocycles. The summed E-state index contributed by atoms with van der Waals surface area (Å²) in [6.45, 7) is 10.2. The van der Waals surface area contributed by atoms with Crippen molar-refractivity contribution in [1.82, 2.24) is 0 Å². The number of hydrogen-bond donors (Lipinski definition) is 0. The summed E-state index contributed by atoms with van der Waals surface area (Å²) in [5, 5.41) is 0. The third kappa shape index (κ3) is 9.92. The highest BCUT2D eigenvalue weighted by atomic mass is 16.5. The zero-order valence-electron chi connectivity index (χ0n) is 7.34. The predicted octanol–water partition coefficient (Wildman–Crippen LogP) is 1.92. The van der Waals surface area contributed by atoms with Gasteiger partial charge in [0.25, 0.3) is 0 Å². The molecular weight excluding hydrogens is 140 g/mol. The molecule has 2 nitrogen and oxygen atoms in total. The molecule has 0 fully saturated rings. The molecule has 0 unspecified atom stereocenters. The summed E-state index contributed by atoms with van der Waals surface area (Å²) in [5.74, 6) is 0. The molecule has 0 rings (SSSR count). The highest BCUT2D eigenvalue weighted by Gasteiger charge is 1.87. The summed E-state index contributed by atoms with van der Waals surface area (Å²) in [6.07, 6.45) is 2.91. The summed E-state index contributed by atoms with van der Waals surface area (Å²) in [7, 11) is 0. The van der Waals surface area contributed by atoms with Crippen molar-refractivity contribution in [1.29, 1.82) is 0 Å². The fourth-order valence-electron chi connectivity index (χ4n) is 0.652. The first-order valence-electron chi connectivity index (χ1n) is 4.27. The first kappa shape index (κ1) is 10.9. The van der Waals surface area contributed by atoms with Crippen molar-refractivity contribution >= 4 is 0 Å². The van der Waals surface area contributed by atoms with Crippen molar-refractivity contribution in [2.45, 2.75) is 26.2 Å². The SMILES string of the molecule is [CH]CCOCCOCCCC. The number of hydrogen-bond acceptors (Lipinski definition) is 2. The molecule has 0 aliphatic rings. The van der Waals surface area contributed by atoms with Crippen LogP contribution in [0.4, 0.5) is 0 Å². The van der Waals surface area contributed by atoms with Crippen LogP contribution in [-0.2, 0) is 9.47 Å². The first-order chi connectivity index (χ1) is 5.41. The van der Waals surface area contributed by atoms with Crippen LogP contribution in [0.3, 0.4) is 0 Å². The van der Waals surface area contributed by atoms with E-state index in [0.717, 1.165) is 13.0 Å². The lowest BCUT2D eigenvalue weighted by molar-refractivity contribution is 0.0483. The molecule has 0 amide bonds. The molecule has 0 atom stereocenters. The highest BCUT2D eigenvalue weighted by Crippen LogP contribution is 1.87. The Hall–Kier alpha value is -0.0800. The Morgan fingerprint density at radius 1 is 1.00 bits per heavy atom. The quantitative estimate of drug-likeness (QED) is 0.502. The Morgan fingerprint density at radius 3 is 2.18 bits per heavy atom. The molecule has 66 valence electrons. The van der Waals surface area contributed by atoms with Gasteiger partial charge in [0.1, 0.15) is 0 Å². The third-order valence-corrected chi connectivity index (χ3v) is 1.28. The number of ether oxygens (including phenoxy) is 2. The predicted molar refractivity (Wildman–Crippen MR) is 45.5 cm³/mol. The normalized spacial score (nSPS) is 10.4. The topological polar surface area (TPSA) is 18.5 Å². The maximum atomic E-state index is 5.25. The molecule has 0 spiro atoms. The van der Waals surface area contributed by atoms with Gasteiger partial charge in [-0.05, 0) is 19.8 Å². The van der Waals surface area contributed by atoms with Gasteiger partial charge in [-0.2, -0.15) is 0 Å². The monoisotopic (exact) mass is 158 g/mol. The summed E-state index contributed by atoms with van der Waals surface area (Å²) < 4.78 is 10.4. The van der Waals surface area contributed by atoms with Gasteiger partial charge in [-0.3, -0.25) is 0 Å². The van der Waals surface area contributed by atoms with E-state index in [9.17, 15) is 0 Å². The molecule has 0 heterocycles. The van der Waals surface area contributed by atoms with Crippen molar-refractivity contribution in [3.63, 3.8) is 0 Å². The number of rotatable bonds is 8. The van der Waals surface area contributed by atoms with E-state index in [0.29, 0.717) is 26.2 Å². The molecule has 11 heavy (non-hydrogen) atoms. The van der Waals surface area contributed by atoms with Gasteiger partial charge < -0.3 is 9.47 Å². The molecule has 0 aromatic rings. The lowest BCUT2D eigenvalue weighted by Gasteiger charge is -2.03. The van der Waals surface area contributed by atoms with Gasteiger partial charge >= 0.3 is 0 Å². The fourth-order valence-corrected chi connectivity index (χ4v) is 0.652. The molecule has 0 bridgehead atoms. The molecule has 2 heteroatoms. The van der Waals surface area contributed by atoms with Crippen molar-refractivity contribution < 1.29 is 9.47 Å². The van der Waals surface area contributed by atoms with Gasteiger partial charge in [0.15, 0.2) is 0 Å². The molecule has 0 aliphatic heterocycles. The van der Waals surface area contributed by atoms with Crippen molar-refractivity contribution in [2.75, 3.05) is 26.4 Å². The van der Waals surface area contributed by atoms with Crippen molar-refractivity contribution in [2.24, 2.45) is 0 Å². The van der Waals surface area contributed by atoms with Crippen LogP contribution in [-0.4, -0.2) is 26.4 Å². The molecular formula is C9H18O2. The second-order valence-electron chi connectivity index (χ2n) is 2.37. The van der Waals surface area contributed by atoms with Gasteiger partial charge in [0.05, 0.1) is 13.2 Å². The Labute approximate surface area is 69.9 Å². The zero-order valence-corrected chi connectivity index (χ0v) is 7.34. The smallest absolute Gasteiger partial charge is 0.0700 e. The van der Waals surface area contributed by atoms with E-state index >= 15 is 0 Å². The molecule has 2 radical (unpaired) electrons. The lowest BCUT2D eigenvalue weighted by Crippen LogP contribution is -2.05. The molecule has 0 saturated heterocycles. The molecule has 0 aromatic carbocycles. The molecule has 0 N–H and O–H groups in total. The van der Waals surface area contributed by atoms with Crippen molar-refractivity contribution in [3.8, 4) is 0 Å². The van der Waals surface area contributed by atoms with E-state index < -0.39 is 0 Å². The van der Waals surface area contributed by atoms with Gasteiger partial charge in [-0.25, -0.2) is 0 Å². The average Bonchev–Trinajstić information content (AvgIpc) is 2.03. The van der Waals surface area contributed by atoms with E-state index in [-0.39, 0.29) is 0 Å². The van der Waals surface area contributed by atoms with Gasteiger partial charge in [0, 0.05) is 13.2 Å². The summed E-state index contributed by atoms with van der Waals surface area (Å²) in [4.78, 5) is 0. The minimum Gasteiger partial charge on any atom is -0.379 e. The van der Waals surface area contributed by atoms with Crippen molar-refractivity contribution in [3.05, 3.63) is 6.92 Å². The van der Waals surface area contributed by atoms with Gasteiger partial charge in [-0.15, -0.1) is 0 Å². The van der Waals surface area contributed by atoms with Crippen LogP contribution in [0.1, 0.15) is 26.2 Å².